The number of carboxylic acid groups (broad SMARTS) is 1. The van der Waals surface area contributed by atoms with E-state index in [0.29, 0.717) is 5.92 Å². The van der Waals surface area contributed by atoms with Crippen molar-refractivity contribution in [3.63, 3.8) is 0 Å². The van der Waals surface area contributed by atoms with Gasteiger partial charge in [0.1, 0.15) is 0 Å². The normalized spacial score (nSPS) is 54.2. The fourth-order valence-electron chi connectivity index (χ4n) is 4.90. The van der Waals surface area contributed by atoms with Gasteiger partial charge in [-0.2, -0.15) is 0 Å². The third kappa shape index (κ3) is 1.76. The molecule has 0 heterocycles. The van der Waals surface area contributed by atoms with Gasteiger partial charge in [-0.1, -0.05) is 31.9 Å². The molecule has 4 aliphatic carbocycles. The summed E-state index contributed by atoms with van der Waals surface area (Å²) in [5.41, 5.74) is -0.00868. The van der Waals surface area contributed by atoms with Crippen LogP contribution in [0.4, 0.5) is 0 Å². The molecule has 4 atom stereocenters. The lowest BCUT2D eigenvalue weighted by atomic mass is 9.48. The largest absolute Gasteiger partial charge is 0.550 e. The van der Waals surface area contributed by atoms with Gasteiger partial charge in [0.2, 0.25) is 0 Å². The SMILES string of the molecule is O=C([O-])CC12CC3C[C@@](Br)(C1)C[C@](Br)(C3)C2. The van der Waals surface area contributed by atoms with Crippen LogP contribution in [0.1, 0.15) is 44.9 Å². The van der Waals surface area contributed by atoms with Crippen LogP contribution in [-0.2, 0) is 4.79 Å². The molecule has 2 nitrogen and oxygen atoms in total. The minimum Gasteiger partial charge on any atom is -0.550 e. The van der Waals surface area contributed by atoms with Gasteiger partial charge >= 0.3 is 0 Å². The van der Waals surface area contributed by atoms with Gasteiger partial charge in [0.15, 0.2) is 0 Å². The Morgan fingerprint density at radius 1 is 1.12 bits per heavy atom. The molecular weight excluding hydrogens is 336 g/mol. The summed E-state index contributed by atoms with van der Waals surface area (Å²) >= 11 is 7.75. The fourth-order valence-corrected chi connectivity index (χ4v) is 8.45. The van der Waals surface area contributed by atoms with E-state index >= 15 is 0 Å². The number of carboxylic acids is 1. The lowest BCUT2D eigenvalue weighted by Gasteiger charge is -2.63. The van der Waals surface area contributed by atoms with Crippen LogP contribution in [0.25, 0.3) is 0 Å². The van der Waals surface area contributed by atoms with Crippen LogP contribution in [0.15, 0.2) is 0 Å². The number of alkyl halides is 2. The topological polar surface area (TPSA) is 40.1 Å². The summed E-state index contributed by atoms with van der Waals surface area (Å²) < 4.78 is 0.372. The molecule has 4 saturated carbocycles. The van der Waals surface area contributed by atoms with Crippen molar-refractivity contribution in [1.82, 2.24) is 0 Å². The van der Waals surface area contributed by atoms with Crippen LogP contribution in [0, 0.1) is 11.3 Å². The first-order chi connectivity index (χ1) is 7.32. The number of carbonyl (C=O) groups is 1. The molecule has 16 heavy (non-hydrogen) atoms. The van der Waals surface area contributed by atoms with Crippen LogP contribution < -0.4 is 5.11 Å². The third-order valence-electron chi connectivity index (χ3n) is 4.57. The predicted molar refractivity (Wildman–Crippen MR) is 66.6 cm³/mol. The quantitative estimate of drug-likeness (QED) is 0.717. The van der Waals surface area contributed by atoms with E-state index in [4.69, 9.17) is 0 Å². The van der Waals surface area contributed by atoms with Gasteiger partial charge in [0.25, 0.3) is 0 Å². The highest BCUT2D eigenvalue weighted by Crippen LogP contribution is 2.68. The van der Waals surface area contributed by atoms with Gasteiger partial charge in [-0.15, -0.1) is 0 Å². The van der Waals surface area contributed by atoms with Crippen LogP contribution in [0.3, 0.4) is 0 Å². The maximum Gasteiger partial charge on any atom is 0.0419 e. The summed E-state index contributed by atoms with van der Waals surface area (Å²) in [6.45, 7) is 0. The van der Waals surface area contributed by atoms with Crippen molar-refractivity contribution in [2.45, 2.75) is 53.6 Å². The first-order valence-electron chi connectivity index (χ1n) is 5.90. The number of hydrogen-bond acceptors (Lipinski definition) is 2. The number of carbonyl (C=O) groups excluding carboxylic acids is 1. The zero-order valence-electron chi connectivity index (χ0n) is 9.10. The molecule has 2 unspecified atom stereocenters. The van der Waals surface area contributed by atoms with Crippen molar-refractivity contribution < 1.29 is 9.90 Å². The monoisotopic (exact) mass is 349 g/mol. The summed E-state index contributed by atoms with van der Waals surface area (Å²) in [5, 5.41) is 11.0. The molecule has 0 saturated heterocycles. The van der Waals surface area contributed by atoms with E-state index in [9.17, 15) is 9.90 Å². The summed E-state index contributed by atoms with van der Waals surface area (Å²) in [6.07, 6.45) is 6.93. The smallest absolute Gasteiger partial charge is 0.0419 e. The summed E-state index contributed by atoms with van der Waals surface area (Å²) in [5.74, 6) is -0.191. The third-order valence-corrected chi connectivity index (χ3v) is 6.34. The van der Waals surface area contributed by atoms with E-state index in [1.165, 1.54) is 12.8 Å². The number of halogens is 2. The molecule has 0 radical (unpaired) electrons. The molecule has 0 N–H and O–H groups in total. The van der Waals surface area contributed by atoms with E-state index in [1.807, 2.05) is 0 Å². The van der Waals surface area contributed by atoms with Crippen LogP contribution in [0.2, 0.25) is 0 Å². The highest BCUT2D eigenvalue weighted by molar-refractivity contribution is 9.10. The Morgan fingerprint density at radius 3 is 2.12 bits per heavy atom. The average molecular weight is 351 g/mol. The molecule has 0 aromatic carbocycles. The number of hydrogen-bond donors (Lipinski definition) is 0. The first-order valence-corrected chi connectivity index (χ1v) is 7.49. The highest BCUT2D eigenvalue weighted by atomic mass is 79.9. The molecule has 0 amide bonds. The lowest BCUT2D eigenvalue weighted by molar-refractivity contribution is -0.309. The summed E-state index contributed by atoms with van der Waals surface area (Å²) in [7, 11) is 0. The summed E-state index contributed by atoms with van der Waals surface area (Å²) in [6, 6.07) is 0. The standard InChI is InChI=1S/C12H16Br2O2/c13-11-2-8-1-10(5-11,4-9(15)16)6-12(14,3-8)7-11/h8H,1-7H2,(H,15,16)/p-1/t8?,10?,11-,12+. The molecular formula is C12H15Br2O2-. The molecule has 0 aromatic heterocycles. The van der Waals surface area contributed by atoms with Crippen molar-refractivity contribution >= 4 is 37.8 Å². The molecule has 4 heteroatoms. The average Bonchev–Trinajstić information content (AvgIpc) is 1.91. The van der Waals surface area contributed by atoms with Crippen LogP contribution in [0.5, 0.6) is 0 Å². The van der Waals surface area contributed by atoms with Crippen molar-refractivity contribution in [2.24, 2.45) is 11.3 Å². The van der Waals surface area contributed by atoms with E-state index in [1.54, 1.807) is 0 Å². The van der Waals surface area contributed by atoms with Gasteiger partial charge in [-0.05, 0) is 56.3 Å². The minimum atomic E-state index is -0.880. The van der Waals surface area contributed by atoms with Gasteiger partial charge in [0, 0.05) is 14.6 Å². The zero-order valence-corrected chi connectivity index (χ0v) is 12.3. The maximum atomic E-state index is 11.0. The molecule has 4 rings (SSSR count). The fraction of sp³-hybridized carbons (Fsp3) is 0.917. The Balaban J connectivity index is 1.95. The van der Waals surface area contributed by atoms with Gasteiger partial charge < -0.3 is 9.90 Å². The zero-order chi connectivity index (χ0) is 11.6. The second-order valence-corrected chi connectivity index (χ2v) is 9.72. The Labute approximate surface area is 112 Å². The molecule has 90 valence electrons. The molecule has 0 spiro atoms. The minimum absolute atomic E-state index is 0.00868. The lowest BCUT2D eigenvalue weighted by Crippen LogP contribution is -2.59. The van der Waals surface area contributed by atoms with E-state index < -0.39 is 5.97 Å². The number of aliphatic carboxylic acids is 1. The maximum absolute atomic E-state index is 11.0. The predicted octanol–water partition coefficient (Wildman–Crippen LogP) is 2.38. The Morgan fingerprint density at radius 2 is 1.69 bits per heavy atom. The van der Waals surface area contributed by atoms with Crippen molar-refractivity contribution in [3.05, 3.63) is 0 Å². The van der Waals surface area contributed by atoms with E-state index in [-0.39, 0.29) is 20.5 Å². The van der Waals surface area contributed by atoms with Crippen LogP contribution >= 0.6 is 31.9 Å². The van der Waals surface area contributed by atoms with E-state index in [0.717, 1.165) is 25.7 Å². The molecule has 4 aliphatic rings. The summed E-state index contributed by atoms with van der Waals surface area (Å²) in [4.78, 5) is 11.0. The molecule has 4 bridgehead atoms. The Kier molecular flexibility index (Phi) is 2.34. The van der Waals surface area contributed by atoms with Crippen molar-refractivity contribution in [2.75, 3.05) is 0 Å². The highest BCUT2D eigenvalue weighted by Gasteiger charge is 2.61. The Bertz CT molecular complexity index is 337. The molecule has 0 aliphatic heterocycles. The van der Waals surface area contributed by atoms with Crippen LogP contribution in [-0.4, -0.2) is 14.6 Å². The van der Waals surface area contributed by atoms with E-state index in [2.05, 4.69) is 31.9 Å². The first kappa shape index (κ1) is 11.5. The number of rotatable bonds is 2. The van der Waals surface area contributed by atoms with Crippen molar-refractivity contribution in [3.8, 4) is 0 Å². The molecule has 4 fully saturated rings. The second-order valence-electron chi connectivity index (χ2n) is 6.36. The van der Waals surface area contributed by atoms with Gasteiger partial charge in [-0.25, -0.2) is 0 Å². The Hall–Kier alpha value is 0.430. The van der Waals surface area contributed by atoms with Gasteiger partial charge in [-0.3, -0.25) is 0 Å². The van der Waals surface area contributed by atoms with Gasteiger partial charge in [0.05, 0.1) is 0 Å². The molecule has 0 aromatic rings. The van der Waals surface area contributed by atoms with Crippen molar-refractivity contribution in [1.29, 1.82) is 0 Å². The second kappa shape index (κ2) is 3.25.